The van der Waals surface area contributed by atoms with E-state index in [0.717, 1.165) is 11.1 Å². The van der Waals surface area contributed by atoms with Gasteiger partial charge in [-0.3, -0.25) is 0 Å². The van der Waals surface area contributed by atoms with E-state index >= 15 is 0 Å². The maximum Gasteiger partial charge on any atom is 0.442 e. The second-order valence-electron chi connectivity index (χ2n) is 4.15. The Labute approximate surface area is 131 Å². The minimum absolute atomic E-state index is 0.0512. The third-order valence-electron chi connectivity index (χ3n) is 2.59. The molecule has 5 nitrogen and oxygen atoms in total. The number of nitrogens with zero attached hydrogens (tertiary/aromatic N) is 2. The SMILES string of the molecule is C#CCOc1cc(-n2nc(CCC)oc2=O)c(Cl)cc1Cl. The topological polar surface area (TPSA) is 57.3 Å². The van der Waals surface area contributed by atoms with Crippen LogP contribution in [0.1, 0.15) is 19.2 Å². The minimum Gasteiger partial charge on any atom is -0.479 e. The summed E-state index contributed by atoms with van der Waals surface area (Å²) in [5.41, 5.74) is 0.323. The normalized spacial score (nSPS) is 10.4. The van der Waals surface area contributed by atoms with Crippen LogP contribution >= 0.6 is 23.2 Å². The zero-order chi connectivity index (χ0) is 15.4. The average Bonchev–Trinajstić information content (AvgIpc) is 2.79. The highest BCUT2D eigenvalue weighted by Crippen LogP contribution is 2.32. The smallest absolute Gasteiger partial charge is 0.442 e. The average molecular weight is 327 g/mol. The summed E-state index contributed by atoms with van der Waals surface area (Å²) in [4.78, 5) is 11.8. The van der Waals surface area contributed by atoms with E-state index in [1.54, 1.807) is 0 Å². The van der Waals surface area contributed by atoms with Crippen molar-refractivity contribution < 1.29 is 9.15 Å². The van der Waals surface area contributed by atoms with E-state index in [-0.39, 0.29) is 11.6 Å². The summed E-state index contributed by atoms with van der Waals surface area (Å²) in [6.07, 6.45) is 6.51. The standard InChI is InChI=1S/C14H12Cl2N2O3/c1-3-5-13-17-18(14(19)21-13)11-8-12(20-6-4-2)10(16)7-9(11)15/h2,7-8H,3,5-6H2,1H3. The second kappa shape index (κ2) is 6.70. The molecular weight excluding hydrogens is 315 g/mol. The molecule has 0 N–H and O–H groups in total. The van der Waals surface area contributed by atoms with Gasteiger partial charge in [0.15, 0.2) is 0 Å². The lowest BCUT2D eigenvalue weighted by atomic mass is 10.3. The molecule has 7 heteroatoms. The highest BCUT2D eigenvalue weighted by Gasteiger charge is 2.15. The first-order chi connectivity index (χ1) is 10.1. The molecule has 0 saturated carbocycles. The Morgan fingerprint density at radius 1 is 1.43 bits per heavy atom. The Balaban J connectivity index is 2.48. The molecule has 0 aliphatic carbocycles. The van der Waals surface area contributed by atoms with E-state index in [2.05, 4.69) is 11.0 Å². The van der Waals surface area contributed by atoms with Crippen molar-refractivity contribution in [2.24, 2.45) is 0 Å². The quantitative estimate of drug-likeness (QED) is 0.792. The summed E-state index contributed by atoms with van der Waals surface area (Å²) in [5, 5.41) is 4.65. The molecule has 0 amide bonds. The zero-order valence-corrected chi connectivity index (χ0v) is 12.7. The minimum atomic E-state index is -0.620. The van der Waals surface area contributed by atoms with Crippen LogP contribution in [0.3, 0.4) is 0 Å². The van der Waals surface area contributed by atoms with E-state index in [9.17, 15) is 4.79 Å². The summed E-state index contributed by atoms with van der Waals surface area (Å²) >= 11 is 12.1. The number of hydrogen-bond acceptors (Lipinski definition) is 4. The Kier molecular flexibility index (Phi) is 4.94. The molecule has 110 valence electrons. The van der Waals surface area contributed by atoms with Gasteiger partial charge in [0, 0.05) is 12.5 Å². The van der Waals surface area contributed by atoms with Crippen molar-refractivity contribution in [2.75, 3.05) is 6.61 Å². The van der Waals surface area contributed by atoms with Crippen LogP contribution in [-0.2, 0) is 6.42 Å². The molecule has 0 aliphatic rings. The van der Waals surface area contributed by atoms with Gasteiger partial charge in [-0.05, 0) is 12.5 Å². The Bertz CT molecular complexity index is 744. The number of aromatic nitrogens is 2. The van der Waals surface area contributed by atoms with Gasteiger partial charge in [-0.25, -0.2) is 4.79 Å². The van der Waals surface area contributed by atoms with E-state index in [1.807, 2.05) is 6.92 Å². The lowest BCUT2D eigenvalue weighted by molar-refractivity contribution is 0.370. The molecule has 0 unspecified atom stereocenters. The maximum atomic E-state index is 11.8. The monoisotopic (exact) mass is 326 g/mol. The molecule has 1 aromatic heterocycles. The van der Waals surface area contributed by atoms with Gasteiger partial charge in [0.1, 0.15) is 12.4 Å². The van der Waals surface area contributed by atoms with Crippen LogP contribution in [0.5, 0.6) is 5.75 Å². The third-order valence-corrected chi connectivity index (χ3v) is 3.19. The summed E-state index contributed by atoms with van der Waals surface area (Å²) in [6.45, 7) is 2.01. The van der Waals surface area contributed by atoms with Crippen molar-refractivity contribution in [3.05, 3.63) is 38.6 Å². The molecule has 2 aromatic rings. The van der Waals surface area contributed by atoms with Gasteiger partial charge in [-0.15, -0.1) is 11.5 Å². The molecule has 0 aliphatic heterocycles. The lowest BCUT2D eigenvalue weighted by Gasteiger charge is -2.08. The molecule has 1 aromatic carbocycles. The van der Waals surface area contributed by atoms with Crippen molar-refractivity contribution >= 4 is 23.2 Å². The predicted octanol–water partition coefficient (Wildman–Crippen LogP) is 3.10. The van der Waals surface area contributed by atoms with Crippen molar-refractivity contribution in [3.63, 3.8) is 0 Å². The molecule has 1 heterocycles. The highest BCUT2D eigenvalue weighted by molar-refractivity contribution is 6.36. The first-order valence-corrected chi connectivity index (χ1v) is 6.97. The summed E-state index contributed by atoms with van der Waals surface area (Å²) < 4.78 is 11.4. The second-order valence-corrected chi connectivity index (χ2v) is 4.96. The molecule has 0 fully saturated rings. The molecule has 0 spiro atoms. The fraction of sp³-hybridized carbons (Fsp3) is 0.286. The summed E-state index contributed by atoms with van der Waals surface area (Å²) in [7, 11) is 0. The van der Waals surface area contributed by atoms with Crippen molar-refractivity contribution in [1.82, 2.24) is 9.78 Å². The first-order valence-electron chi connectivity index (χ1n) is 6.21. The largest absolute Gasteiger partial charge is 0.479 e. The van der Waals surface area contributed by atoms with Crippen LogP contribution in [0.15, 0.2) is 21.3 Å². The zero-order valence-electron chi connectivity index (χ0n) is 11.2. The number of rotatable bonds is 5. The number of aryl methyl sites for hydroxylation is 1. The predicted molar refractivity (Wildman–Crippen MR) is 80.4 cm³/mol. The molecule has 0 radical (unpaired) electrons. The number of benzene rings is 1. The van der Waals surface area contributed by atoms with Crippen molar-refractivity contribution in [3.8, 4) is 23.8 Å². The molecule has 0 bridgehead atoms. The van der Waals surface area contributed by atoms with Gasteiger partial charge >= 0.3 is 5.76 Å². The van der Waals surface area contributed by atoms with Gasteiger partial charge in [0.25, 0.3) is 0 Å². The first kappa shape index (κ1) is 15.5. The van der Waals surface area contributed by atoms with Gasteiger partial charge in [0.05, 0.1) is 15.7 Å². The maximum absolute atomic E-state index is 11.8. The fourth-order valence-corrected chi connectivity index (χ4v) is 2.21. The van der Waals surface area contributed by atoms with Crippen LogP contribution in [0.25, 0.3) is 5.69 Å². The van der Waals surface area contributed by atoms with E-state index in [4.69, 9.17) is 38.8 Å². The van der Waals surface area contributed by atoms with Gasteiger partial charge in [-0.2, -0.15) is 4.68 Å². The van der Waals surface area contributed by atoms with Gasteiger partial charge in [-0.1, -0.05) is 36.0 Å². The van der Waals surface area contributed by atoms with Gasteiger partial charge in [0.2, 0.25) is 5.89 Å². The van der Waals surface area contributed by atoms with E-state index < -0.39 is 5.76 Å². The van der Waals surface area contributed by atoms with E-state index in [1.165, 1.54) is 12.1 Å². The number of halogens is 2. The van der Waals surface area contributed by atoms with Crippen LogP contribution < -0.4 is 10.5 Å². The van der Waals surface area contributed by atoms with Crippen molar-refractivity contribution in [2.45, 2.75) is 19.8 Å². The number of terminal acetylenes is 1. The lowest BCUT2D eigenvalue weighted by Crippen LogP contribution is -2.14. The van der Waals surface area contributed by atoms with Crippen LogP contribution in [0.2, 0.25) is 10.0 Å². The molecule has 0 saturated heterocycles. The summed E-state index contributed by atoms with van der Waals surface area (Å²) in [5.74, 6) is 2.38. The fourth-order valence-electron chi connectivity index (χ4n) is 1.69. The number of hydrogen-bond donors (Lipinski definition) is 0. The van der Waals surface area contributed by atoms with Crippen molar-refractivity contribution in [1.29, 1.82) is 0 Å². The highest BCUT2D eigenvalue weighted by atomic mass is 35.5. The third kappa shape index (κ3) is 3.41. The molecule has 2 rings (SSSR count). The molecule has 21 heavy (non-hydrogen) atoms. The van der Waals surface area contributed by atoms with Gasteiger partial charge < -0.3 is 9.15 Å². The van der Waals surface area contributed by atoms with Crippen LogP contribution in [0.4, 0.5) is 0 Å². The Hall–Kier alpha value is -1.90. The Morgan fingerprint density at radius 3 is 2.86 bits per heavy atom. The molecular formula is C14H12Cl2N2O3. The number of ether oxygens (including phenoxy) is 1. The van der Waals surface area contributed by atoms with Crippen LogP contribution in [-0.4, -0.2) is 16.4 Å². The summed E-state index contributed by atoms with van der Waals surface area (Å²) in [6, 6.07) is 2.96. The Morgan fingerprint density at radius 2 is 2.19 bits per heavy atom. The molecule has 0 atom stereocenters. The van der Waals surface area contributed by atoms with E-state index in [0.29, 0.717) is 28.8 Å². The van der Waals surface area contributed by atoms with Crippen LogP contribution in [0, 0.1) is 12.3 Å².